The summed E-state index contributed by atoms with van der Waals surface area (Å²) in [6.45, 7) is 7.34. The molecule has 2 aromatic carbocycles. The minimum absolute atomic E-state index is 0.147. The number of hydrogen-bond donors (Lipinski definition) is 2. The van der Waals surface area contributed by atoms with Crippen LogP contribution in [0.4, 0.5) is 0 Å². The zero-order chi connectivity index (χ0) is 30.9. The van der Waals surface area contributed by atoms with E-state index in [0.29, 0.717) is 17.5 Å². The van der Waals surface area contributed by atoms with Crippen molar-refractivity contribution >= 4 is 18.1 Å². The van der Waals surface area contributed by atoms with E-state index in [1.807, 2.05) is 31.2 Å². The number of amides is 1. The van der Waals surface area contributed by atoms with Crippen LogP contribution >= 0.6 is 0 Å². The van der Waals surface area contributed by atoms with Crippen molar-refractivity contribution in [2.75, 3.05) is 13.7 Å². The van der Waals surface area contributed by atoms with Gasteiger partial charge >= 0.3 is 5.97 Å². The van der Waals surface area contributed by atoms with E-state index in [0.717, 1.165) is 17.5 Å². The van der Waals surface area contributed by atoms with Gasteiger partial charge in [0.1, 0.15) is 37.1 Å². The molecule has 0 saturated carbocycles. The van der Waals surface area contributed by atoms with Crippen LogP contribution in [0.2, 0.25) is 0 Å². The van der Waals surface area contributed by atoms with Gasteiger partial charge in [0.25, 0.3) is 5.91 Å². The largest absolute Gasteiger partial charge is 0.467 e. The number of carbonyl (C=O) groups is 2. The first kappa shape index (κ1) is 31.1. The summed E-state index contributed by atoms with van der Waals surface area (Å²) >= 11 is 0. The lowest BCUT2D eigenvalue weighted by Gasteiger charge is -2.44. The molecule has 3 heterocycles. The zero-order valence-electron chi connectivity index (χ0n) is 25.1. The van der Waals surface area contributed by atoms with E-state index in [1.54, 1.807) is 43.0 Å². The van der Waals surface area contributed by atoms with Gasteiger partial charge in [-0.25, -0.2) is 4.79 Å². The molecule has 0 aromatic heterocycles. The molecule has 43 heavy (non-hydrogen) atoms. The minimum atomic E-state index is -1.16. The van der Waals surface area contributed by atoms with Gasteiger partial charge in [-0.2, -0.15) is 0 Å². The number of rotatable bonds is 8. The molecule has 11 heteroatoms. The van der Waals surface area contributed by atoms with E-state index < -0.39 is 48.5 Å². The lowest BCUT2D eigenvalue weighted by Crippen LogP contribution is -2.52. The van der Waals surface area contributed by atoms with Gasteiger partial charge in [0.05, 0.1) is 19.4 Å². The Morgan fingerprint density at radius 3 is 2.47 bits per heavy atom. The summed E-state index contributed by atoms with van der Waals surface area (Å²) in [6.07, 6.45) is -1.87. The summed E-state index contributed by atoms with van der Waals surface area (Å²) in [7, 11) is 1.34. The lowest BCUT2D eigenvalue weighted by molar-refractivity contribution is -0.228. The summed E-state index contributed by atoms with van der Waals surface area (Å²) < 4.78 is 22.0. The van der Waals surface area contributed by atoms with Crippen molar-refractivity contribution in [1.29, 1.82) is 0 Å². The molecule has 2 N–H and O–H groups in total. The van der Waals surface area contributed by atoms with Crippen LogP contribution in [0.3, 0.4) is 0 Å². The number of ether oxygens (including phenoxy) is 4. The number of piperidine rings is 1. The number of oxime groups is 1. The Kier molecular flexibility index (Phi) is 9.19. The molecule has 232 valence electrons. The number of likely N-dealkylation sites (tertiary alicyclic amines) is 1. The molecule has 0 aliphatic carbocycles. The van der Waals surface area contributed by atoms with Gasteiger partial charge in [-0.1, -0.05) is 54.0 Å². The number of benzene rings is 2. The highest BCUT2D eigenvalue weighted by atomic mass is 16.8. The molecule has 5 rings (SSSR count). The molecule has 0 unspecified atom stereocenters. The molecule has 11 nitrogen and oxygen atoms in total. The van der Waals surface area contributed by atoms with Crippen molar-refractivity contribution < 1.29 is 43.6 Å². The van der Waals surface area contributed by atoms with Crippen LogP contribution in [0, 0.1) is 12.8 Å². The fraction of sp³-hybridized carbons (Fsp3) is 0.531. The topological polar surface area (TPSA) is 136 Å². The van der Waals surface area contributed by atoms with Gasteiger partial charge in [0.15, 0.2) is 12.1 Å². The van der Waals surface area contributed by atoms with Gasteiger partial charge in [0.2, 0.25) is 0 Å². The van der Waals surface area contributed by atoms with Crippen LogP contribution in [0.1, 0.15) is 66.7 Å². The number of hydrogen-bond acceptors (Lipinski definition) is 10. The SMILES string of the molecule is COC(=O)[C@@H]1CC[C@H](C)[C@@H](c2ccc(C)cc2)N1C(=O)c1ccc(/C=N/OC[C@@H](O)[C@H]2O[C@@H]3OC(C)(C)O[C@@H]3[C@H]2O)cc1. The summed E-state index contributed by atoms with van der Waals surface area (Å²) in [5.41, 5.74) is 3.18. The average molecular weight is 597 g/mol. The standard InChI is InChI=1S/C32H40N2O9/c1-18-6-11-21(12-7-18)25-19(2)8-15-23(30(38)39-5)34(25)29(37)22-13-9-20(10-14-22)16-33-40-17-24(35)27-26(36)28-31(41-27)43-32(3,4)42-28/h6-7,9-14,16,19,23-28,31,35-36H,8,15,17H2,1-5H3/b33-16+/t19-,23-,24+,25-,26-,27+,28+,31+/m0/s1. The first-order chi connectivity index (χ1) is 20.5. The van der Waals surface area contributed by atoms with Crippen molar-refractivity contribution in [3.63, 3.8) is 0 Å². The second kappa shape index (κ2) is 12.7. The molecule has 0 bridgehead atoms. The Bertz CT molecular complexity index is 1310. The van der Waals surface area contributed by atoms with E-state index in [-0.39, 0.29) is 24.5 Å². The zero-order valence-corrected chi connectivity index (χ0v) is 25.1. The molecule has 3 aliphatic heterocycles. The summed E-state index contributed by atoms with van der Waals surface area (Å²) in [5, 5.41) is 24.9. The fourth-order valence-electron chi connectivity index (χ4n) is 6.08. The Labute approximate surface area is 251 Å². The Morgan fingerprint density at radius 1 is 1.12 bits per heavy atom. The summed E-state index contributed by atoms with van der Waals surface area (Å²) in [4.78, 5) is 33.6. The molecule has 3 saturated heterocycles. The second-order valence-electron chi connectivity index (χ2n) is 11.9. The van der Waals surface area contributed by atoms with Crippen LogP contribution < -0.4 is 0 Å². The highest BCUT2D eigenvalue weighted by molar-refractivity contribution is 5.98. The van der Waals surface area contributed by atoms with Crippen molar-refractivity contribution in [3.8, 4) is 0 Å². The number of methoxy groups -OCH3 is 1. The van der Waals surface area contributed by atoms with Gasteiger partial charge < -0.3 is 38.9 Å². The maximum Gasteiger partial charge on any atom is 0.328 e. The second-order valence-corrected chi connectivity index (χ2v) is 11.9. The molecule has 8 atom stereocenters. The monoisotopic (exact) mass is 596 g/mol. The molecule has 2 aromatic rings. The van der Waals surface area contributed by atoms with E-state index in [9.17, 15) is 19.8 Å². The normalized spacial score (nSPS) is 30.7. The number of aryl methyl sites for hydroxylation is 1. The van der Waals surface area contributed by atoms with Gasteiger partial charge in [-0.05, 0) is 62.8 Å². The number of nitrogens with zero attached hydrogens (tertiary/aromatic N) is 2. The lowest BCUT2D eigenvalue weighted by atomic mass is 9.82. The average Bonchev–Trinajstić information content (AvgIpc) is 3.46. The van der Waals surface area contributed by atoms with Gasteiger partial charge in [-0.15, -0.1) is 0 Å². The number of esters is 1. The van der Waals surface area contributed by atoms with E-state index in [2.05, 4.69) is 12.1 Å². The predicted molar refractivity (Wildman–Crippen MR) is 155 cm³/mol. The molecule has 0 spiro atoms. The summed E-state index contributed by atoms with van der Waals surface area (Å²) in [6, 6.07) is 13.9. The third-order valence-corrected chi connectivity index (χ3v) is 8.31. The fourth-order valence-corrected chi connectivity index (χ4v) is 6.08. The van der Waals surface area contributed by atoms with Crippen LogP contribution in [-0.2, 0) is 28.6 Å². The number of fused-ring (bicyclic) bond motifs is 1. The summed E-state index contributed by atoms with van der Waals surface area (Å²) in [5.74, 6) is -1.41. The maximum absolute atomic E-state index is 13.9. The highest BCUT2D eigenvalue weighted by Crippen LogP contribution is 2.41. The van der Waals surface area contributed by atoms with Gasteiger partial charge in [-0.3, -0.25) is 4.79 Å². The van der Waals surface area contributed by atoms with Crippen LogP contribution in [0.15, 0.2) is 53.7 Å². The molecule has 0 radical (unpaired) electrons. The van der Waals surface area contributed by atoms with E-state index >= 15 is 0 Å². The Balaban J connectivity index is 1.22. The molecule has 3 aliphatic rings. The Hall–Kier alpha value is -3.35. The molecular formula is C32H40N2O9. The third-order valence-electron chi connectivity index (χ3n) is 8.31. The van der Waals surface area contributed by atoms with Crippen molar-refractivity contribution in [2.45, 2.75) is 89.1 Å². The highest BCUT2D eigenvalue weighted by Gasteiger charge is 2.56. The van der Waals surface area contributed by atoms with E-state index in [1.165, 1.54) is 13.3 Å². The van der Waals surface area contributed by atoms with E-state index in [4.69, 9.17) is 23.8 Å². The van der Waals surface area contributed by atoms with Crippen LogP contribution in [-0.4, -0.2) is 89.5 Å². The van der Waals surface area contributed by atoms with Crippen molar-refractivity contribution in [3.05, 3.63) is 70.8 Å². The van der Waals surface area contributed by atoms with Crippen molar-refractivity contribution in [2.24, 2.45) is 11.1 Å². The molecule has 1 amide bonds. The number of aliphatic hydroxyl groups excluding tert-OH is 2. The minimum Gasteiger partial charge on any atom is -0.467 e. The number of aliphatic hydroxyl groups is 2. The predicted octanol–water partition coefficient (Wildman–Crippen LogP) is 3.10. The van der Waals surface area contributed by atoms with Gasteiger partial charge in [0, 0.05) is 5.56 Å². The quantitative estimate of drug-likeness (QED) is 0.268. The smallest absolute Gasteiger partial charge is 0.328 e. The maximum atomic E-state index is 13.9. The molecule has 3 fully saturated rings. The van der Waals surface area contributed by atoms with Crippen LogP contribution in [0.25, 0.3) is 0 Å². The first-order valence-electron chi connectivity index (χ1n) is 14.6. The van der Waals surface area contributed by atoms with Crippen molar-refractivity contribution in [1.82, 2.24) is 4.90 Å². The molecular weight excluding hydrogens is 556 g/mol. The third kappa shape index (κ3) is 6.61. The Morgan fingerprint density at radius 2 is 1.81 bits per heavy atom. The first-order valence-corrected chi connectivity index (χ1v) is 14.6. The number of carbonyl (C=O) groups excluding carboxylic acids is 2. The van der Waals surface area contributed by atoms with Crippen LogP contribution in [0.5, 0.6) is 0 Å².